The van der Waals surface area contributed by atoms with Crippen molar-refractivity contribution in [3.63, 3.8) is 0 Å². The number of nitrogens with one attached hydrogen (secondary N) is 4. The molecule has 4 aromatic rings. The standard InChI is InChI=1S/C18H15F2N5O/c1-2-21-9-3-4-10-15(5-9)24-25-17(10)18(26)23-16-8-22-14-7-13(20)12(19)6-11(14)16/h3-8,21-22H,2H2,1H3,(H,23,26)(H,24,25). The smallest absolute Gasteiger partial charge is 0.276 e. The van der Waals surface area contributed by atoms with Gasteiger partial charge in [-0.1, -0.05) is 0 Å². The van der Waals surface area contributed by atoms with Gasteiger partial charge in [-0.25, -0.2) is 8.78 Å². The summed E-state index contributed by atoms with van der Waals surface area (Å²) < 4.78 is 26.8. The fourth-order valence-corrected chi connectivity index (χ4v) is 2.91. The Labute approximate surface area is 146 Å². The van der Waals surface area contributed by atoms with E-state index in [0.29, 0.717) is 22.0 Å². The topological polar surface area (TPSA) is 85.6 Å². The largest absolute Gasteiger partial charge is 0.385 e. The van der Waals surface area contributed by atoms with Gasteiger partial charge >= 0.3 is 0 Å². The number of nitrogens with zero attached hydrogens (tertiary/aromatic N) is 1. The van der Waals surface area contributed by atoms with Crippen molar-refractivity contribution in [2.75, 3.05) is 17.2 Å². The number of carbonyl (C=O) groups excluding carboxylic acids is 1. The number of hydrogen-bond acceptors (Lipinski definition) is 3. The van der Waals surface area contributed by atoms with Gasteiger partial charge in [-0.2, -0.15) is 5.10 Å². The summed E-state index contributed by atoms with van der Waals surface area (Å²) in [5.41, 5.74) is 2.61. The fourth-order valence-electron chi connectivity index (χ4n) is 2.91. The molecule has 0 aliphatic carbocycles. The number of aromatic nitrogens is 3. The molecule has 2 aromatic heterocycles. The molecule has 0 unspecified atom stereocenters. The quantitative estimate of drug-likeness (QED) is 0.446. The van der Waals surface area contributed by atoms with E-state index in [0.717, 1.165) is 29.9 Å². The highest BCUT2D eigenvalue weighted by Crippen LogP contribution is 2.27. The summed E-state index contributed by atoms with van der Waals surface area (Å²) in [4.78, 5) is 15.4. The third kappa shape index (κ3) is 2.65. The molecule has 0 aliphatic heterocycles. The van der Waals surface area contributed by atoms with Crippen molar-refractivity contribution in [3.8, 4) is 0 Å². The average molecular weight is 355 g/mol. The number of carbonyl (C=O) groups is 1. The van der Waals surface area contributed by atoms with E-state index >= 15 is 0 Å². The van der Waals surface area contributed by atoms with Gasteiger partial charge < -0.3 is 15.6 Å². The maximum Gasteiger partial charge on any atom is 0.276 e. The third-order valence-electron chi connectivity index (χ3n) is 4.13. The molecular weight excluding hydrogens is 340 g/mol. The highest BCUT2D eigenvalue weighted by atomic mass is 19.2. The number of aromatic amines is 2. The second-order valence-electron chi connectivity index (χ2n) is 5.83. The van der Waals surface area contributed by atoms with E-state index in [1.54, 1.807) is 6.07 Å². The molecule has 26 heavy (non-hydrogen) atoms. The van der Waals surface area contributed by atoms with Crippen LogP contribution in [0.1, 0.15) is 17.4 Å². The minimum Gasteiger partial charge on any atom is -0.385 e. The highest BCUT2D eigenvalue weighted by Gasteiger charge is 2.17. The Morgan fingerprint density at radius 2 is 1.92 bits per heavy atom. The van der Waals surface area contributed by atoms with Gasteiger partial charge in [0.2, 0.25) is 0 Å². The van der Waals surface area contributed by atoms with Gasteiger partial charge in [0, 0.05) is 35.3 Å². The zero-order valence-corrected chi connectivity index (χ0v) is 13.8. The van der Waals surface area contributed by atoms with E-state index in [-0.39, 0.29) is 5.69 Å². The van der Waals surface area contributed by atoms with Crippen LogP contribution in [-0.4, -0.2) is 27.6 Å². The lowest BCUT2D eigenvalue weighted by molar-refractivity contribution is 0.102. The summed E-state index contributed by atoms with van der Waals surface area (Å²) in [7, 11) is 0. The van der Waals surface area contributed by atoms with Crippen LogP contribution in [0.15, 0.2) is 36.5 Å². The molecule has 0 saturated carbocycles. The van der Waals surface area contributed by atoms with Gasteiger partial charge in [-0.3, -0.25) is 9.89 Å². The van der Waals surface area contributed by atoms with Crippen molar-refractivity contribution in [3.05, 3.63) is 53.9 Å². The lowest BCUT2D eigenvalue weighted by atomic mass is 10.1. The average Bonchev–Trinajstić information content (AvgIpc) is 3.20. The molecule has 0 bridgehead atoms. The molecule has 6 nitrogen and oxygen atoms in total. The van der Waals surface area contributed by atoms with E-state index in [1.807, 2.05) is 19.1 Å². The van der Waals surface area contributed by atoms with E-state index < -0.39 is 17.5 Å². The first kappa shape index (κ1) is 16.1. The van der Waals surface area contributed by atoms with Gasteiger partial charge in [-0.15, -0.1) is 0 Å². The van der Waals surface area contributed by atoms with Crippen LogP contribution in [0.2, 0.25) is 0 Å². The normalized spacial score (nSPS) is 11.2. The number of anilines is 2. The molecule has 4 N–H and O–H groups in total. The van der Waals surface area contributed by atoms with E-state index in [2.05, 4.69) is 25.8 Å². The molecule has 0 spiro atoms. The van der Waals surface area contributed by atoms with Gasteiger partial charge in [0.15, 0.2) is 17.3 Å². The maximum atomic E-state index is 13.5. The number of benzene rings is 2. The zero-order chi connectivity index (χ0) is 18.3. The van der Waals surface area contributed by atoms with Gasteiger partial charge in [0.25, 0.3) is 5.91 Å². The van der Waals surface area contributed by atoms with Gasteiger partial charge in [-0.05, 0) is 31.2 Å². The minimum absolute atomic E-state index is 0.222. The first-order valence-electron chi connectivity index (χ1n) is 8.06. The molecule has 0 atom stereocenters. The van der Waals surface area contributed by atoms with Crippen molar-refractivity contribution in [1.29, 1.82) is 0 Å². The van der Waals surface area contributed by atoms with E-state index in [9.17, 15) is 13.6 Å². The number of amides is 1. The number of H-pyrrole nitrogens is 2. The number of rotatable bonds is 4. The molecule has 2 heterocycles. The molecular formula is C18H15F2N5O. The first-order chi connectivity index (χ1) is 12.6. The lowest BCUT2D eigenvalue weighted by Crippen LogP contribution is -2.12. The Kier molecular flexibility index (Phi) is 3.80. The second kappa shape index (κ2) is 6.14. The summed E-state index contributed by atoms with van der Waals surface area (Å²) in [5.74, 6) is -2.38. The SMILES string of the molecule is CCNc1ccc2c(C(=O)Nc3c[nH]c4cc(F)c(F)cc34)n[nH]c2c1. The van der Waals surface area contributed by atoms with Crippen molar-refractivity contribution >= 4 is 39.1 Å². The molecule has 0 radical (unpaired) electrons. The molecule has 4 rings (SSSR count). The fraction of sp³-hybridized carbons (Fsp3) is 0.111. The summed E-state index contributed by atoms with van der Waals surface area (Å²) in [5, 5.41) is 13.8. The van der Waals surface area contributed by atoms with Crippen LogP contribution in [-0.2, 0) is 0 Å². The Bertz CT molecular complexity index is 1130. The minimum atomic E-state index is -0.978. The van der Waals surface area contributed by atoms with Gasteiger partial charge in [0.1, 0.15) is 0 Å². The first-order valence-corrected chi connectivity index (χ1v) is 8.06. The van der Waals surface area contributed by atoms with Gasteiger partial charge in [0.05, 0.1) is 16.7 Å². The molecule has 0 fully saturated rings. The molecule has 1 amide bonds. The molecule has 132 valence electrons. The Morgan fingerprint density at radius 1 is 1.12 bits per heavy atom. The van der Waals surface area contributed by atoms with Crippen molar-refractivity contribution in [2.45, 2.75) is 6.92 Å². The van der Waals surface area contributed by atoms with Crippen LogP contribution >= 0.6 is 0 Å². The van der Waals surface area contributed by atoms with Crippen LogP contribution in [0.4, 0.5) is 20.2 Å². The molecule has 0 saturated heterocycles. The van der Waals surface area contributed by atoms with Crippen LogP contribution in [0.25, 0.3) is 21.8 Å². The predicted molar refractivity (Wildman–Crippen MR) is 96.4 cm³/mol. The Balaban J connectivity index is 1.66. The Hall–Kier alpha value is -3.42. The summed E-state index contributed by atoms with van der Waals surface area (Å²) in [6, 6.07) is 7.62. The lowest BCUT2D eigenvalue weighted by Gasteiger charge is -2.04. The van der Waals surface area contributed by atoms with Crippen molar-refractivity contribution < 1.29 is 13.6 Å². The third-order valence-corrected chi connectivity index (χ3v) is 4.13. The van der Waals surface area contributed by atoms with Crippen molar-refractivity contribution in [2.24, 2.45) is 0 Å². The number of hydrogen-bond donors (Lipinski definition) is 4. The van der Waals surface area contributed by atoms with Crippen LogP contribution < -0.4 is 10.6 Å². The van der Waals surface area contributed by atoms with E-state index in [4.69, 9.17) is 0 Å². The van der Waals surface area contributed by atoms with Crippen LogP contribution in [0, 0.1) is 11.6 Å². The number of fused-ring (bicyclic) bond motifs is 2. The summed E-state index contributed by atoms with van der Waals surface area (Å²) >= 11 is 0. The van der Waals surface area contributed by atoms with E-state index in [1.165, 1.54) is 6.20 Å². The van der Waals surface area contributed by atoms with Crippen LogP contribution in [0.5, 0.6) is 0 Å². The summed E-state index contributed by atoms with van der Waals surface area (Å²) in [6.07, 6.45) is 1.49. The maximum absolute atomic E-state index is 13.5. The molecule has 0 aliphatic rings. The van der Waals surface area contributed by atoms with Crippen LogP contribution in [0.3, 0.4) is 0 Å². The Morgan fingerprint density at radius 3 is 2.73 bits per heavy atom. The second-order valence-corrected chi connectivity index (χ2v) is 5.83. The molecule has 8 heteroatoms. The zero-order valence-electron chi connectivity index (χ0n) is 13.8. The number of halogens is 2. The molecule has 2 aromatic carbocycles. The summed E-state index contributed by atoms with van der Waals surface area (Å²) in [6.45, 7) is 2.77. The predicted octanol–water partition coefficient (Wildman–Crippen LogP) is 4.01. The monoisotopic (exact) mass is 355 g/mol. The van der Waals surface area contributed by atoms with Crippen molar-refractivity contribution in [1.82, 2.24) is 15.2 Å². The highest BCUT2D eigenvalue weighted by molar-refractivity contribution is 6.13.